The highest BCUT2D eigenvalue weighted by atomic mass is 32.2. The Hall–Kier alpha value is -1.93. The van der Waals surface area contributed by atoms with Crippen LogP contribution in [0.15, 0.2) is 24.3 Å². The minimum atomic E-state index is -3.21. The summed E-state index contributed by atoms with van der Waals surface area (Å²) in [5.41, 5.74) is 1.06. The molecule has 2 fully saturated rings. The summed E-state index contributed by atoms with van der Waals surface area (Å²) in [5.74, 6) is -0.350. The Balaban J connectivity index is 1.65. The van der Waals surface area contributed by atoms with Gasteiger partial charge in [-0.05, 0) is 44.7 Å². The summed E-state index contributed by atoms with van der Waals surface area (Å²) in [7, 11) is -3.21. The molecule has 7 nitrogen and oxygen atoms in total. The number of nitrogens with one attached hydrogen (secondary N) is 1. The first-order chi connectivity index (χ1) is 13.9. The van der Waals surface area contributed by atoms with Crippen molar-refractivity contribution in [2.45, 2.75) is 45.4 Å². The number of carbonyl (C=O) groups excluding carboxylic acids is 2. The topological polar surface area (TPSA) is 86.8 Å². The zero-order valence-electron chi connectivity index (χ0n) is 17.1. The van der Waals surface area contributed by atoms with Crippen LogP contribution in [-0.4, -0.2) is 61.4 Å². The van der Waals surface area contributed by atoms with Crippen LogP contribution in [0.3, 0.4) is 0 Å². The number of hydrogen-bond acceptors (Lipinski definition) is 4. The summed E-state index contributed by atoms with van der Waals surface area (Å²) in [6, 6.07) is 7.15. The fourth-order valence-electron chi connectivity index (χ4n) is 4.04. The molecule has 160 valence electrons. The van der Waals surface area contributed by atoms with Crippen molar-refractivity contribution >= 4 is 27.5 Å². The van der Waals surface area contributed by atoms with Crippen molar-refractivity contribution in [3.05, 3.63) is 29.8 Å². The molecule has 0 atom stereocenters. The van der Waals surface area contributed by atoms with Gasteiger partial charge in [-0.25, -0.2) is 12.7 Å². The van der Waals surface area contributed by atoms with Crippen LogP contribution in [-0.2, 0) is 14.8 Å². The Bertz CT molecular complexity index is 824. The van der Waals surface area contributed by atoms with Crippen LogP contribution in [0.4, 0.5) is 5.69 Å². The van der Waals surface area contributed by atoms with E-state index in [0.29, 0.717) is 37.2 Å². The van der Waals surface area contributed by atoms with Gasteiger partial charge in [0.05, 0.1) is 17.0 Å². The van der Waals surface area contributed by atoms with E-state index in [-0.39, 0.29) is 23.5 Å². The lowest BCUT2D eigenvalue weighted by Crippen LogP contribution is -2.42. The predicted molar refractivity (Wildman–Crippen MR) is 113 cm³/mol. The van der Waals surface area contributed by atoms with Crippen molar-refractivity contribution in [1.82, 2.24) is 9.21 Å². The minimum Gasteiger partial charge on any atom is -0.339 e. The van der Waals surface area contributed by atoms with Crippen LogP contribution in [0.1, 0.15) is 55.8 Å². The third kappa shape index (κ3) is 5.36. The second-order valence-corrected chi connectivity index (χ2v) is 10.1. The number of hydrogen-bond donors (Lipinski definition) is 1. The number of rotatable bonds is 5. The summed E-state index contributed by atoms with van der Waals surface area (Å²) < 4.78 is 25.5. The van der Waals surface area contributed by atoms with Gasteiger partial charge in [-0.3, -0.25) is 9.59 Å². The van der Waals surface area contributed by atoms with Crippen LogP contribution < -0.4 is 5.32 Å². The van der Waals surface area contributed by atoms with Crippen molar-refractivity contribution in [2.75, 3.05) is 37.2 Å². The third-order valence-electron chi connectivity index (χ3n) is 5.89. The standard InChI is InChI=1S/C21H31N3O4S/c1-2-29(27,28)24-15-11-17(12-16-24)20(25)22-19-10-6-5-9-18(19)21(26)23-13-7-3-4-8-14-23/h5-6,9-10,17H,2-4,7-8,11-16H2,1H3,(H,22,25). The Morgan fingerprint density at radius 1 is 1.00 bits per heavy atom. The van der Waals surface area contributed by atoms with Gasteiger partial charge in [-0.2, -0.15) is 0 Å². The summed E-state index contributed by atoms with van der Waals surface area (Å²) in [6.07, 6.45) is 5.31. The van der Waals surface area contributed by atoms with Gasteiger partial charge in [0.15, 0.2) is 0 Å². The average Bonchev–Trinajstić information content (AvgIpc) is 3.03. The van der Waals surface area contributed by atoms with Crippen LogP contribution in [0.5, 0.6) is 0 Å². The largest absolute Gasteiger partial charge is 0.339 e. The molecule has 0 aromatic heterocycles. The first-order valence-electron chi connectivity index (χ1n) is 10.6. The molecule has 29 heavy (non-hydrogen) atoms. The zero-order valence-corrected chi connectivity index (χ0v) is 17.9. The molecule has 1 N–H and O–H groups in total. The zero-order chi connectivity index (χ0) is 20.9. The van der Waals surface area contributed by atoms with Gasteiger partial charge < -0.3 is 10.2 Å². The maximum Gasteiger partial charge on any atom is 0.255 e. The van der Waals surface area contributed by atoms with Crippen molar-refractivity contribution in [2.24, 2.45) is 5.92 Å². The molecule has 2 heterocycles. The lowest BCUT2D eigenvalue weighted by molar-refractivity contribution is -0.120. The summed E-state index contributed by atoms with van der Waals surface area (Å²) in [6.45, 7) is 3.87. The van der Waals surface area contributed by atoms with Crippen LogP contribution in [0, 0.1) is 5.92 Å². The van der Waals surface area contributed by atoms with E-state index in [1.165, 1.54) is 4.31 Å². The van der Waals surface area contributed by atoms with E-state index in [1.54, 1.807) is 19.1 Å². The minimum absolute atomic E-state index is 0.0355. The molecule has 0 spiro atoms. The van der Waals surface area contributed by atoms with E-state index >= 15 is 0 Å². The monoisotopic (exact) mass is 421 g/mol. The van der Waals surface area contributed by atoms with Gasteiger partial charge in [0.2, 0.25) is 15.9 Å². The summed E-state index contributed by atoms with van der Waals surface area (Å²) in [5, 5.41) is 2.93. The molecular formula is C21H31N3O4S. The fourth-order valence-corrected chi connectivity index (χ4v) is 5.17. The normalized spacial score (nSPS) is 19.6. The molecule has 2 amide bonds. The molecule has 3 rings (SSSR count). The first kappa shape index (κ1) is 21.8. The Morgan fingerprint density at radius 3 is 2.24 bits per heavy atom. The van der Waals surface area contributed by atoms with Crippen molar-refractivity contribution < 1.29 is 18.0 Å². The number of carbonyl (C=O) groups is 2. The van der Waals surface area contributed by atoms with Gasteiger partial charge in [0, 0.05) is 32.1 Å². The molecule has 2 aliphatic rings. The number of sulfonamides is 1. The van der Waals surface area contributed by atoms with E-state index in [4.69, 9.17) is 0 Å². The fraction of sp³-hybridized carbons (Fsp3) is 0.619. The Kier molecular flexibility index (Phi) is 7.29. The van der Waals surface area contributed by atoms with Crippen LogP contribution in [0.25, 0.3) is 0 Å². The summed E-state index contributed by atoms with van der Waals surface area (Å²) >= 11 is 0. The number of nitrogens with zero attached hydrogens (tertiary/aromatic N) is 2. The highest BCUT2D eigenvalue weighted by Gasteiger charge is 2.31. The number of anilines is 1. The summed E-state index contributed by atoms with van der Waals surface area (Å²) in [4.78, 5) is 27.7. The molecule has 0 unspecified atom stereocenters. The second-order valence-electron chi connectivity index (χ2n) is 7.82. The van der Waals surface area contributed by atoms with Gasteiger partial charge in [-0.15, -0.1) is 0 Å². The molecule has 0 aliphatic carbocycles. The molecule has 1 aromatic rings. The number of benzene rings is 1. The molecule has 2 aliphatic heterocycles. The Labute approximate surface area is 173 Å². The molecule has 8 heteroatoms. The quantitative estimate of drug-likeness (QED) is 0.792. The maximum atomic E-state index is 13.0. The van der Waals surface area contributed by atoms with Crippen molar-refractivity contribution in [3.8, 4) is 0 Å². The molecule has 1 aromatic carbocycles. The molecule has 2 saturated heterocycles. The van der Waals surface area contributed by atoms with Crippen molar-refractivity contribution in [1.29, 1.82) is 0 Å². The van der Waals surface area contributed by atoms with Crippen molar-refractivity contribution in [3.63, 3.8) is 0 Å². The van der Waals surface area contributed by atoms with Gasteiger partial charge >= 0.3 is 0 Å². The van der Waals surface area contributed by atoms with E-state index in [0.717, 1.165) is 38.8 Å². The average molecular weight is 422 g/mol. The van der Waals surface area contributed by atoms with E-state index < -0.39 is 10.0 Å². The number of piperidine rings is 1. The molecule has 0 radical (unpaired) electrons. The highest BCUT2D eigenvalue weighted by molar-refractivity contribution is 7.89. The van der Waals surface area contributed by atoms with Gasteiger partial charge in [0.25, 0.3) is 5.91 Å². The lowest BCUT2D eigenvalue weighted by Gasteiger charge is -2.30. The Morgan fingerprint density at radius 2 is 1.62 bits per heavy atom. The first-order valence-corrected chi connectivity index (χ1v) is 12.2. The van der Waals surface area contributed by atoms with Gasteiger partial charge in [0.1, 0.15) is 0 Å². The van der Waals surface area contributed by atoms with Crippen LogP contribution >= 0.6 is 0 Å². The smallest absolute Gasteiger partial charge is 0.255 e. The molecule has 0 saturated carbocycles. The molecular weight excluding hydrogens is 390 g/mol. The van der Waals surface area contributed by atoms with Crippen LogP contribution in [0.2, 0.25) is 0 Å². The van der Waals surface area contributed by atoms with E-state index in [2.05, 4.69) is 5.32 Å². The lowest BCUT2D eigenvalue weighted by atomic mass is 9.97. The predicted octanol–water partition coefficient (Wildman–Crippen LogP) is 2.70. The SMILES string of the molecule is CCS(=O)(=O)N1CCC(C(=O)Nc2ccccc2C(=O)N2CCCCCC2)CC1. The van der Waals surface area contributed by atoms with E-state index in [9.17, 15) is 18.0 Å². The second kappa shape index (κ2) is 9.71. The third-order valence-corrected chi connectivity index (χ3v) is 7.77. The van der Waals surface area contributed by atoms with Gasteiger partial charge in [-0.1, -0.05) is 25.0 Å². The van der Waals surface area contributed by atoms with E-state index in [1.807, 2.05) is 17.0 Å². The molecule has 0 bridgehead atoms. The number of amides is 2. The maximum absolute atomic E-state index is 13.0. The highest BCUT2D eigenvalue weighted by Crippen LogP contribution is 2.24. The number of para-hydroxylation sites is 1. The number of likely N-dealkylation sites (tertiary alicyclic amines) is 1.